The molecule has 4 aliphatic rings. The molecule has 4 aromatic carbocycles. The first-order valence-electron chi connectivity index (χ1n) is 16.8. The Hall–Kier alpha value is -3.18. The van der Waals surface area contributed by atoms with Crippen LogP contribution in [0.15, 0.2) is 166 Å². The summed E-state index contributed by atoms with van der Waals surface area (Å²) in [5, 5.41) is 2.69. The summed E-state index contributed by atoms with van der Waals surface area (Å²) in [6.45, 7) is 15.7. The van der Waals surface area contributed by atoms with Gasteiger partial charge in [0.15, 0.2) is 0 Å². The van der Waals surface area contributed by atoms with Gasteiger partial charge in [-0.15, -0.1) is 34.5 Å². The summed E-state index contributed by atoms with van der Waals surface area (Å²) in [5.41, 5.74) is 19.0. The van der Waals surface area contributed by atoms with Crippen LogP contribution >= 0.6 is 0 Å². The molecule has 0 fully saturated rings. The van der Waals surface area contributed by atoms with Crippen molar-refractivity contribution in [3.05, 3.63) is 167 Å². The van der Waals surface area contributed by atoms with E-state index in [4.69, 9.17) is 0 Å². The summed E-state index contributed by atoms with van der Waals surface area (Å²) in [6.07, 6.45) is 13.5. The van der Waals surface area contributed by atoms with Gasteiger partial charge in [0.2, 0.25) is 0 Å². The summed E-state index contributed by atoms with van der Waals surface area (Å²) in [4.78, 5) is 7.00. The third-order valence-electron chi connectivity index (χ3n) is 8.50. The van der Waals surface area contributed by atoms with Crippen molar-refractivity contribution in [2.45, 2.75) is 53.0 Å². The fourth-order valence-electron chi connectivity index (χ4n) is 6.61. The van der Waals surface area contributed by atoms with Crippen LogP contribution in [0.1, 0.15) is 19.4 Å². The number of nitrogens with zero attached hydrogens (tertiary/aromatic N) is 2. The molecule has 1 atom stereocenters. The fourth-order valence-corrected chi connectivity index (χ4v) is 8.28. The molecule has 257 valence electrons. The molecule has 1 radical (unpaired) electrons. The minimum atomic E-state index is -0.360. The zero-order valence-corrected chi connectivity index (χ0v) is 36.5. The second kappa shape index (κ2) is 19.1. The van der Waals surface area contributed by atoms with Crippen LogP contribution in [-0.2, 0) is 26.2 Å². The van der Waals surface area contributed by atoms with Crippen molar-refractivity contribution in [1.29, 1.82) is 0 Å². The van der Waals surface area contributed by atoms with Gasteiger partial charge < -0.3 is 29.7 Å². The number of benzene rings is 3. The van der Waals surface area contributed by atoms with Crippen LogP contribution in [0, 0.1) is 6.92 Å². The van der Waals surface area contributed by atoms with Gasteiger partial charge in [-0.3, -0.25) is 0 Å². The predicted molar refractivity (Wildman–Crippen MR) is 217 cm³/mol. The number of allylic oxidation sites excluding steroid dienone is 9. The maximum absolute atomic E-state index is 4.54. The third kappa shape index (κ3) is 10.5. The normalized spacial score (nSPS) is 15.9. The zero-order chi connectivity index (χ0) is 33.8. The molecule has 1 unspecified atom stereocenters. The second-order valence-electron chi connectivity index (χ2n) is 13.5. The van der Waals surface area contributed by atoms with Crippen LogP contribution in [0.2, 0.25) is 26.2 Å². The molecular formula is C44H45Cl2N2Si2Zr. The summed E-state index contributed by atoms with van der Waals surface area (Å²) in [6, 6.07) is 32.7. The van der Waals surface area contributed by atoms with E-state index in [1.54, 1.807) is 0 Å². The number of para-hydroxylation sites is 1. The number of aliphatic imine (C=N–C) groups is 1. The molecule has 0 amide bonds. The molecule has 0 saturated carbocycles. The van der Waals surface area contributed by atoms with E-state index in [9.17, 15) is 0 Å². The van der Waals surface area contributed by atoms with Crippen molar-refractivity contribution >= 4 is 50.3 Å². The molecular weight excluding hydrogens is 775 g/mol. The maximum atomic E-state index is 4.54. The van der Waals surface area contributed by atoms with E-state index < -0.39 is 0 Å². The number of rotatable bonds is 4. The van der Waals surface area contributed by atoms with Gasteiger partial charge in [-0.1, -0.05) is 111 Å². The van der Waals surface area contributed by atoms with Crippen LogP contribution in [0.25, 0.3) is 21.9 Å². The quantitative estimate of drug-likeness (QED) is 0.216. The van der Waals surface area contributed by atoms with Crippen LogP contribution in [0.5, 0.6) is 0 Å². The smallest absolute Gasteiger partial charge is 1.00 e. The molecule has 0 N–H and O–H groups in total. The van der Waals surface area contributed by atoms with E-state index in [1.165, 1.54) is 61.1 Å². The molecule has 7 heteroatoms. The van der Waals surface area contributed by atoms with Crippen LogP contribution in [0.3, 0.4) is 0 Å². The Bertz CT molecular complexity index is 2140. The van der Waals surface area contributed by atoms with Crippen LogP contribution in [-0.4, -0.2) is 39.9 Å². The molecule has 0 bridgehead atoms. The summed E-state index contributed by atoms with van der Waals surface area (Å²) < 4.78 is 0. The predicted octanol–water partition coefficient (Wildman–Crippen LogP) is 4.67. The Labute approximate surface area is 339 Å². The summed E-state index contributed by atoms with van der Waals surface area (Å²) >= 11 is 0. The van der Waals surface area contributed by atoms with Gasteiger partial charge in [-0.05, 0) is 78.6 Å². The number of aryl methyl sites for hydroxylation is 1. The fraction of sp³-hybridized carbons (Fsp3) is 0.182. The van der Waals surface area contributed by atoms with Crippen molar-refractivity contribution in [1.82, 2.24) is 0 Å². The third-order valence-corrected chi connectivity index (χ3v) is 10.4. The molecule has 0 saturated heterocycles. The Kier molecular flexibility index (Phi) is 15.8. The molecule has 2 nitrogen and oxygen atoms in total. The number of hydrogen-bond donors (Lipinski definition) is 0. The van der Waals surface area contributed by atoms with E-state index in [1.807, 2.05) is 0 Å². The molecule has 2 aliphatic heterocycles. The zero-order valence-electron chi connectivity index (χ0n) is 30.5. The van der Waals surface area contributed by atoms with Gasteiger partial charge in [-0.25, -0.2) is 4.99 Å². The summed E-state index contributed by atoms with van der Waals surface area (Å²) in [5.74, 6) is 0. The van der Waals surface area contributed by atoms with Crippen molar-refractivity contribution in [3.8, 4) is 11.1 Å². The first kappa shape index (κ1) is 42.2. The molecule has 0 aromatic heterocycles. The van der Waals surface area contributed by atoms with E-state index in [2.05, 4.69) is 196 Å². The monoisotopic (exact) mass is 817 g/mol. The van der Waals surface area contributed by atoms with Crippen molar-refractivity contribution in [2.75, 3.05) is 4.90 Å². The van der Waals surface area contributed by atoms with E-state index >= 15 is 0 Å². The first-order valence-corrected chi connectivity index (χ1v) is 22.0. The Morgan fingerprint density at radius 3 is 2.02 bits per heavy atom. The van der Waals surface area contributed by atoms with Gasteiger partial charge in [0.1, 0.15) is 0 Å². The van der Waals surface area contributed by atoms with Gasteiger partial charge in [0.05, 0.1) is 17.5 Å². The number of halogens is 2. The van der Waals surface area contributed by atoms with E-state index in [0.717, 1.165) is 11.4 Å². The molecule has 51 heavy (non-hydrogen) atoms. The van der Waals surface area contributed by atoms with Gasteiger partial charge in [0.25, 0.3) is 0 Å². The van der Waals surface area contributed by atoms with Crippen molar-refractivity contribution in [3.63, 3.8) is 0 Å². The second-order valence-corrected chi connectivity index (χ2v) is 18.4. The Balaban J connectivity index is 0.000000204. The first-order chi connectivity index (χ1) is 23.1. The number of hydrogen-bond acceptors (Lipinski definition) is 2. The largest absolute Gasteiger partial charge is 3.00 e. The topological polar surface area (TPSA) is 15.6 Å². The SMILES string of the molecule is CC1=CC2=CC(C=[Si](C)C)N(c3ccccc3)C2=C1.CC1=CC2=NC(C=[Si](C)C)=CC2=C1.Cc1cc2c(-c3ccccc3)cccc2[cH-]1.[Cl-].[Cl-].[Zr+3]. The standard InChI is InChI=1S/C17H19NSi.C16H13.C11H13NSi.2ClH.Zr/c1-13-9-14-11-16(12-19(2)3)18(17(14)10-13)15-7-5-4-6-8-15;1-12-10-14-8-5-9-15(16(14)11-12)13-6-3-2-4-7-13;1-8-4-9-6-10(7-13(2)3)12-11(9)5-8;;;/h4-12,16H,1-3H3;2-11H,1H3;4-7H,1-3H3;2*1H;/q;-1;;;;+3/p-2. The van der Waals surface area contributed by atoms with E-state index in [-0.39, 0.29) is 67.8 Å². The van der Waals surface area contributed by atoms with Gasteiger partial charge >= 0.3 is 26.2 Å². The number of anilines is 1. The van der Waals surface area contributed by atoms with E-state index in [0.29, 0.717) is 6.04 Å². The minimum Gasteiger partial charge on any atom is -1.00 e. The van der Waals surface area contributed by atoms with Crippen LogP contribution in [0.4, 0.5) is 5.69 Å². The molecule has 8 rings (SSSR count). The molecule has 4 aromatic rings. The molecule has 0 spiro atoms. The van der Waals surface area contributed by atoms with Gasteiger partial charge in [-0.2, -0.15) is 6.07 Å². The Morgan fingerprint density at radius 1 is 0.706 bits per heavy atom. The van der Waals surface area contributed by atoms with Crippen LogP contribution < -0.4 is 29.7 Å². The number of fused-ring (bicyclic) bond motifs is 3. The Morgan fingerprint density at radius 2 is 1.37 bits per heavy atom. The molecule has 2 aliphatic carbocycles. The van der Waals surface area contributed by atoms with Crippen molar-refractivity contribution in [2.24, 2.45) is 4.99 Å². The average Bonchev–Trinajstić information content (AvgIpc) is 3.84. The molecule has 2 heterocycles. The van der Waals surface area contributed by atoms with Gasteiger partial charge in [0, 0.05) is 33.8 Å². The maximum Gasteiger partial charge on any atom is 3.00 e. The van der Waals surface area contributed by atoms with Crippen molar-refractivity contribution < 1.29 is 51.0 Å². The average molecular weight is 820 g/mol. The minimum absolute atomic E-state index is 0. The summed E-state index contributed by atoms with van der Waals surface area (Å²) in [7, 11) is -0.669.